The fourth-order valence-corrected chi connectivity index (χ4v) is 2.67. The minimum atomic E-state index is -0.122. The first kappa shape index (κ1) is 10.7. The first-order valence-electron chi connectivity index (χ1n) is 6.07. The van der Waals surface area contributed by atoms with Crippen LogP contribution in [0.2, 0.25) is 0 Å². The summed E-state index contributed by atoms with van der Waals surface area (Å²) in [5, 5.41) is 13.3. The van der Waals surface area contributed by atoms with Gasteiger partial charge in [-0.05, 0) is 32.4 Å². The number of aromatic hydroxyl groups is 1. The number of fused-ring (bicyclic) bond motifs is 1. The Morgan fingerprint density at radius 1 is 1.29 bits per heavy atom. The summed E-state index contributed by atoms with van der Waals surface area (Å²) in [5.74, 6) is 1.67. The summed E-state index contributed by atoms with van der Waals surface area (Å²) < 4.78 is 11.2. The zero-order valence-corrected chi connectivity index (χ0v) is 9.95. The average Bonchev–Trinajstić information content (AvgIpc) is 2.76. The van der Waals surface area contributed by atoms with E-state index < -0.39 is 0 Å². The molecular formula is C13H17NO3. The van der Waals surface area contributed by atoms with Crippen molar-refractivity contribution in [2.45, 2.75) is 25.3 Å². The number of hydrogen-bond acceptors (Lipinski definition) is 4. The molecule has 0 radical (unpaired) electrons. The van der Waals surface area contributed by atoms with Gasteiger partial charge in [0, 0.05) is 17.2 Å². The van der Waals surface area contributed by atoms with Gasteiger partial charge in [0.2, 0.25) is 0 Å². The molecule has 1 fully saturated rings. The number of phenolic OH excluding ortho intramolecular Hbond substituents is 1. The smallest absolute Gasteiger partial charge is 0.166 e. The third-order valence-electron chi connectivity index (χ3n) is 3.59. The zero-order chi connectivity index (χ0) is 11.9. The van der Waals surface area contributed by atoms with Crippen molar-refractivity contribution in [3.8, 4) is 17.2 Å². The van der Waals surface area contributed by atoms with Crippen molar-refractivity contribution in [2.75, 3.05) is 19.8 Å². The maximum Gasteiger partial charge on any atom is 0.166 e. The molecule has 4 heteroatoms. The van der Waals surface area contributed by atoms with E-state index in [1.165, 1.54) is 0 Å². The maximum atomic E-state index is 9.78. The Kier molecular flexibility index (Phi) is 2.40. The first-order chi connectivity index (χ1) is 8.19. The highest BCUT2D eigenvalue weighted by molar-refractivity contribution is 5.54. The molecule has 17 heavy (non-hydrogen) atoms. The molecule has 2 aliphatic heterocycles. The second kappa shape index (κ2) is 3.81. The Hall–Kier alpha value is -1.42. The van der Waals surface area contributed by atoms with Crippen molar-refractivity contribution in [3.05, 3.63) is 17.7 Å². The van der Waals surface area contributed by atoms with E-state index in [2.05, 4.69) is 12.2 Å². The second-order valence-electron chi connectivity index (χ2n) is 4.88. The summed E-state index contributed by atoms with van der Waals surface area (Å²) in [4.78, 5) is 0. The summed E-state index contributed by atoms with van der Waals surface area (Å²) in [6.45, 7) is 4.26. The van der Waals surface area contributed by atoms with Gasteiger partial charge < -0.3 is 19.9 Å². The molecule has 1 saturated heterocycles. The van der Waals surface area contributed by atoms with Crippen LogP contribution >= 0.6 is 0 Å². The molecule has 4 nitrogen and oxygen atoms in total. The van der Waals surface area contributed by atoms with Crippen LogP contribution in [0, 0.1) is 0 Å². The molecule has 1 aromatic rings. The van der Waals surface area contributed by atoms with E-state index in [-0.39, 0.29) is 11.3 Å². The molecule has 1 aromatic carbocycles. The lowest BCUT2D eigenvalue weighted by atomic mass is 9.89. The molecule has 92 valence electrons. The highest BCUT2D eigenvalue weighted by atomic mass is 16.6. The number of ether oxygens (including phenoxy) is 2. The van der Waals surface area contributed by atoms with Gasteiger partial charge in [-0.3, -0.25) is 0 Å². The zero-order valence-electron chi connectivity index (χ0n) is 9.95. The molecule has 0 bridgehead atoms. The largest absolute Gasteiger partial charge is 0.508 e. The molecular weight excluding hydrogens is 218 g/mol. The number of nitrogens with one attached hydrogen (secondary N) is 1. The summed E-state index contributed by atoms with van der Waals surface area (Å²) >= 11 is 0. The Bertz CT molecular complexity index is 439. The highest BCUT2D eigenvalue weighted by Crippen LogP contribution is 2.44. The monoisotopic (exact) mass is 235 g/mol. The number of benzene rings is 1. The normalized spacial score (nSPS) is 27.1. The Labute approximate surface area is 101 Å². The molecule has 1 unspecified atom stereocenters. The minimum Gasteiger partial charge on any atom is -0.508 e. The van der Waals surface area contributed by atoms with Crippen LogP contribution in [-0.4, -0.2) is 24.9 Å². The Morgan fingerprint density at radius 2 is 2.12 bits per heavy atom. The van der Waals surface area contributed by atoms with Crippen molar-refractivity contribution in [3.63, 3.8) is 0 Å². The van der Waals surface area contributed by atoms with Crippen LogP contribution in [0.4, 0.5) is 0 Å². The van der Waals surface area contributed by atoms with E-state index in [0.717, 1.165) is 30.7 Å². The van der Waals surface area contributed by atoms with Crippen molar-refractivity contribution in [1.29, 1.82) is 0 Å². The Balaban J connectivity index is 2.11. The second-order valence-corrected chi connectivity index (χ2v) is 4.88. The molecule has 3 rings (SSSR count). The van der Waals surface area contributed by atoms with Gasteiger partial charge in [0.15, 0.2) is 11.5 Å². The van der Waals surface area contributed by atoms with Crippen LogP contribution in [0.3, 0.4) is 0 Å². The van der Waals surface area contributed by atoms with E-state index >= 15 is 0 Å². The quantitative estimate of drug-likeness (QED) is 0.778. The molecule has 0 saturated carbocycles. The molecule has 2 aliphatic rings. The van der Waals surface area contributed by atoms with Crippen LogP contribution in [0.25, 0.3) is 0 Å². The topological polar surface area (TPSA) is 50.7 Å². The molecule has 2 heterocycles. The third-order valence-corrected chi connectivity index (χ3v) is 3.59. The van der Waals surface area contributed by atoms with Crippen molar-refractivity contribution in [2.24, 2.45) is 0 Å². The Morgan fingerprint density at radius 3 is 2.88 bits per heavy atom. The van der Waals surface area contributed by atoms with Gasteiger partial charge >= 0.3 is 0 Å². The van der Waals surface area contributed by atoms with Gasteiger partial charge in [0.1, 0.15) is 19.0 Å². The molecule has 0 aromatic heterocycles. The van der Waals surface area contributed by atoms with Crippen molar-refractivity contribution >= 4 is 0 Å². The maximum absolute atomic E-state index is 9.78. The first-order valence-corrected chi connectivity index (χ1v) is 6.07. The minimum absolute atomic E-state index is 0.122. The van der Waals surface area contributed by atoms with Crippen LogP contribution < -0.4 is 14.8 Å². The van der Waals surface area contributed by atoms with Crippen molar-refractivity contribution in [1.82, 2.24) is 5.32 Å². The molecule has 1 atom stereocenters. The van der Waals surface area contributed by atoms with Crippen molar-refractivity contribution < 1.29 is 14.6 Å². The van der Waals surface area contributed by atoms with Crippen LogP contribution in [-0.2, 0) is 5.54 Å². The van der Waals surface area contributed by atoms with Gasteiger partial charge in [-0.15, -0.1) is 0 Å². The fourth-order valence-electron chi connectivity index (χ4n) is 2.67. The van der Waals surface area contributed by atoms with Crippen LogP contribution in [0.5, 0.6) is 17.2 Å². The molecule has 2 N–H and O–H groups in total. The lowest BCUT2D eigenvalue weighted by molar-refractivity contribution is 0.165. The number of hydrogen-bond donors (Lipinski definition) is 2. The van der Waals surface area contributed by atoms with E-state index in [4.69, 9.17) is 9.47 Å². The van der Waals surface area contributed by atoms with Crippen LogP contribution in [0.15, 0.2) is 12.1 Å². The predicted octanol–water partition coefficient (Wildman–Crippen LogP) is 1.76. The lowest BCUT2D eigenvalue weighted by Gasteiger charge is -2.30. The third kappa shape index (κ3) is 1.72. The average molecular weight is 235 g/mol. The molecule has 0 aliphatic carbocycles. The van der Waals surface area contributed by atoms with Crippen LogP contribution in [0.1, 0.15) is 25.3 Å². The fraction of sp³-hybridized carbons (Fsp3) is 0.538. The highest BCUT2D eigenvalue weighted by Gasteiger charge is 2.35. The summed E-state index contributed by atoms with van der Waals surface area (Å²) in [6.07, 6.45) is 2.19. The molecule has 0 amide bonds. The van der Waals surface area contributed by atoms with E-state index in [1.54, 1.807) is 12.1 Å². The van der Waals surface area contributed by atoms with E-state index in [0.29, 0.717) is 19.0 Å². The SMILES string of the molecule is CC1(c2cc(O)cc3c2OCCO3)CCCN1. The number of rotatable bonds is 1. The summed E-state index contributed by atoms with van der Waals surface area (Å²) in [6, 6.07) is 3.40. The summed E-state index contributed by atoms with van der Waals surface area (Å²) in [5.41, 5.74) is 0.883. The molecule has 0 spiro atoms. The summed E-state index contributed by atoms with van der Waals surface area (Å²) in [7, 11) is 0. The number of phenols is 1. The predicted molar refractivity (Wildman–Crippen MR) is 63.7 cm³/mol. The van der Waals surface area contributed by atoms with E-state index in [9.17, 15) is 5.11 Å². The van der Waals surface area contributed by atoms with Gasteiger partial charge in [-0.25, -0.2) is 0 Å². The lowest BCUT2D eigenvalue weighted by Crippen LogP contribution is -2.34. The van der Waals surface area contributed by atoms with E-state index in [1.807, 2.05) is 0 Å². The van der Waals surface area contributed by atoms with Gasteiger partial charge in [-0.1, -0.05) is 0 Å². The standard InChI is InChI=1S/C13H17NO3/c1-13(3-2-4-14-13)10-7-9(15)8-11-12(10)17-6-5-16-11/h7-8,14-15H,2-6H2,1H3. The van der Waals surface area contributed by atoms with Gasteiger partial charge in [0.25, 0.3) is 0 Å². The van der Waals surface area contributed by atoms with Gasteiger partial charge in [-0.2, -0.15) is 0 Å². The van der Waals surface area contributed by atoms with Gasteiger partial charge in [0.05, 0.1) is 0 Å².